The molecule has 3 rings (SSSR count). The van der Waals surface area contributed by atoms with Crippen LogP contribution in [0.2, 0.25) is 0 Å². The van der Waals surface area contributed by atoms with E-state index in [0.717, 1.165) is 29.0 Å². The van der Waals surface area contributed by atoms with Crippen LogP contribution in [0.5, 0.6) is 0 Å². The molecule has 1 fully saturated rings. The van der Waals surface area contributed by atoms with Crippen LogP contribution in [0.15, 0.2) is 28.9 Å². The largest absolute Gasteiger partial charge is 0.342 e. The van der Waals surface area contributed by atoms with Gasteiger partial charge in [0.05, 0.1) is 11.9 Å². The number of aromatic amines is 1. The highest BCUT2D eigenvalue weighted by Gasteiger charge is 2.19. The molecule has 3 nitrogen and oxygen atoms in total. The van der Waals surface area contributed by atoms with Crippen LogP contribution in [-0.4, -0.2) is 22.6 Å². The summed E-state index contributed by atoms with van der Waals surface area (Å²) in [5, 5.41) is 3.43. The third-order valence-corrected chi connectivity index (χ3v) is 3.72. The van der Waals surface area contributed by atoms with Gasteiger partial charge in [-0.3, -0.25) is 0 Å². The van der Waals surface area contributed by atoms with Crippen LogP contribution in [0.1, 0.15) is 18.7 Å². The Bertz CT molecular complexity index is 578. The van der Waals surface area contributed by atoms with E-state index >= 15 is 0 Å². The van der Waals surface area contributed by atoms with Crippen LogP contribution < -0.4 is 5.32 Å². The van der Waals surface area contributed by atoms with Gasteiger partial charge in [-0.05, 0) is 31.0 Å². The number of imidazole rings is 1. The van der Waals surface area contributed by atoms with Gasteiger partial charge in [0.2, 0.25) is 0 Å². The first-order valence-corrected chi connectivity index (χ1v) is 7.24. The fourth-order valence-corrected chi connectivity index (χ4v) is 2.35. The Hall–Kier alpha value is -1.20. The zero-order valence-corrected chi connectivity index (χ0v) is 12.0. The molecule has 1 heterocycles. The quantitative estimate of drug-likeness (QED) is 0.886. The molecule has 2 aromatic rings. The van der Waals surface area contributed by atoms with E-state index in [2.05, 4.69) is 31.2 Å². The van der Waals surface area contributed by atoms with Gasteiger partial charge in [0.15, 0.2) is 0 Å². The zero-order valence-electron chi connectivity index (χ0n) is 10.4. The molecule has 19 heavy (non-hydrogen) atoms. The van der Waals surface area contributed by atoms with Crippen molar-refractivity contribution in [2.75, 3.05) is 6.54 Å². The van der Waals surface area contributed by atoms with Gasteiger partial charge in [0.25, 0.3) is 0 Å². The molecular weight excluding hydrogens is 309 g/mol. The van der Waals surface area contributed by atoms with Gasteiger partial charge in [-0.1, -0.05) is 15.9 Å². The molecule has 1 aromatic carbocycles. The lowest BCUT2D eigenvalue weighted by atomic mass is 10.1. The van der Waals surface area contributed by atoms with Gasteiger partial charge in [-0.25, -0.2) is 9.37 Å². The fourth-order valence-electron chi connectivity index (χ4n) is 2.02. The van der Waals surface area contributed by atoms with Gasteiger partial charge in [-0.2, -0.15) is 0 Å². The molecule has 1 aliphatic carbocycles. The van der Waals surface area contributed by atoms with Crippen LogP contribution >= 0.6 is 15.9 Å². The Morgan fingerprint density at radius 2 is 2.26 bits per heavy atom. The molecule has 1 saturated carbocycles. The summed E-state index contributed by atoms with van der Waals surface area (Å²) in [7, 11) is 0. The number of aromatic nitrogens is 2. The second kappa shape index (κ2) is 5.43. The standard InChI is InChI=1S/C14H15BrFN3/c15-9-1-4-11(12(16)7-9)13-8-18-14(19-13)5-6-17-10-2-3-10/h1,4,7-8,10,17H,2-3,5-6H2,(H,18,19). The van der Waals surface area contributed by atoms with Crippen molar-refractivity contribution in [3.8, 4) is 11.3 Å². The van der Waals surface area contributed by atoms with Crippen molar-refractivity contribution >= 4 is 15.9 Å². The summed E-state index contributed by atoms with van der Waals surface area (Å²) in [5.41, 5.74) is 1.28. The second-order valence-electron chi connectivity index (χ2n) is 4.85. The summed E-state index contributed by atoms with van der Waals surface area (Å²) in [6, 6.07) is 5.75. The van der Waals surface area contributed by atoms with E-state index in [1.807, 2.05) is 6.07 Å². The van der Waals surface area contributed by atoms with Crippen LogP contribution in [0.3, 0.4) is 0 Å². The summed E-state index contributed by atoms with van der Waals surface area (Å²) < 4.78 is 14.6. The molecule has 0 unspecified atom stereocenters. The SMILES string of the molecule is Fc1cc(Br)ccc1-c1cnc(CCNC2CC2)[nH]1. The van der Waals surface area contributed by atoms with Gasteiger partial charge in [0, 0.05) is 29.0 Å². The molecule has 0 aliphatic heterocycles. The number of benzene rings is 1. The maximum atomic E-state index is 13.8. The maximum absolute atomic E-state index is 13.8. The monoisotopic (exact) mass is 323 g/mol. The molecule has 0 atom stereocenters. The van der Waals surface area contributed by atoms with E-state index < -0.39 is 0 Å². The van der Waals surface area contributed by atoms with Crippen molar-refractivity contribution < 1.29 is 4.39 Å². The lowest BCUT2D eigenvalue weighted by Gasteiger charge is -2.01. The molecule has 0 amide bonds. The molecule has 2 N–H and O–H groups in total. The first-order chi connectivity index (χ1) is 9.22. The molecule has 0 radical (unpaired) electrons. The first kappa shape index (κ1) is 12.8. The summed E-state index contributed by atoms with van der Waals surface area (Å²) in [6.07, 6.45) is 5.11. The van der Waals surface area contributed by atoms with E-state index in [0.29, 0.717) is 11.6 Å². The molecule has 0 saturated heterocycles. The van der Waals surface area contributed by atoms with Gasteiger partial charge in [-0.15, -0.1) is 0 Å². The van der Waals surface area contributed by atoms with Gasteiger partial charge >= 0.3 is 0 Å². The number of nitrogens with zero attached hydrogens (tertiary/aromatic N) is 1. The normalized spacial score (nSPS) is 14.8. The molecule has 1 aliphatic rings. The molecular formula is C14H15BrFN3. The van der Waals surface area contributed by atoms with E-state index in [1.54, 1.807) is 12.3 Å². The van der Waals surface area contributed by atoms with E-state index in [-0.39, 0.29) is 5.82 Å². The van der Waals surface area contributed by atoms with Crippen LogP contribution in [0, 0.1) is 5.82 Å². The average molecular weight is 324 g/mol. The highest BCUT2D eigenvalue weighted by atomic mass is 79.9. The summed E-state index contributed by atoms with van der Waals surface area (Å²) >= 11 is 3.25. The number of H-pyrrole nitrogens is 1. The van der Waals surface area contributed by atoms with Crippen molar-refractivity contribution in [2.24, 2.45) is 0 Å². The smallest absolute Gasteiger partial charge is 0.133 e. The minimum atomic E-state index is -0.249. The highest BCUT2D eigenvalue weighted by molar-refractivity contribution is 9.10. The predicted octanol–water partition coefficient (Wildman–Crippen LogP) is 3.27. The van der Waals surface area contributed by atoms with Crippen molar-refractivity contribution in [3.05, 3.63) is 40.5 Å². The van der Waals surface area contributed by atoms with Crippen molar-refractivity contribution in [1.29, 1.82) is 0 Å². The Kier molecular flexibility index (Phi) is 3.66. The molecule has 0 spiro atoms. The zero-order chi connectivity index (χ0) is 13.2. The Labute approximate surface area is 119 Å². The third kappa shape index (κ3) is 3.22. The number of halogens is 2. The number of hydrogen-bond acceptors (Lipinski definition) is 2. The predicted molar refractivity (Wildman–Crippen MR) is 76.4 cm³/mol. The highest BCUT2D eigenvalue weighted by Crippen LogP contribution is 2.24. The molecule has 100 valence electrons. The lowest BCUT2D eigenvalue weighted by molar-refractivity contribution is 0.630. The van der Waals surface area contributed by atoms with Crippen molar-refractivity contribution in [2.45, 2.75) is 25.3 Å². The van der Waals surface area contributed by atoms with Crippen LogP contribution in [0.4, 0.5) is 4.39 Å². The lowest BCUT2D eigenvalue weighted by Crippen LogP contribution is -2.19. The number of nitrogens with one attached hydrogen (secondary N) is 2. The summed E-state index contributed by atoms with van der Waals surface area (Å²) in [6.45, 7) is 0.917. The van der Waals surface area contributed by atoms with Gasteiger partial charge < -0.3 is 10.3 Å². The average Bonchev–Trinajstić information content (AvgIpc) is 3.07. The minimum absolute atomic E-state index is 0.249. The number of hydrogen-bond donors (Lipinski definition) is 2. The summed E-state index contributed by atoms with van der Waals surface area (Å²) in [4.78, 5) is 7.48. The van der Waals surface area contributed by atoms with E-state index in [1.165, 1.54) is 18.9 Å². The van der Waals surface area contributed by atoms with E-state index in [4.69, 9.17) is 0 Å². The fraction of sp³-hybridized carbons (Fsp3) is 0.357. The van der Waals surface area contributed by atoms with Crippen molar-refractivity contribution in [3.63, 3.8) is 0 Å². The first-order valence-electron chi connectivity index (χ1n) is 6.45. The Morgan fingerprint density at radius 3 is 3.00 bits per heavy atom. The van der Waals surface area contributed by atoms with Crippen LogP contribution in [-0.2, 0) is 6.42 Å². The Morgan fingerprint density at radius 1 is 1.42 bits per heavy atom. The van der Waals surface area contributed by atoms with Crippen molar-refractivity contribution in [1.82, 2.24) is 15.3 Å². The summed E-state index contributed by atoms with van der Waals surface area (Å²) in [5.74, 6) is 0.645. The minimum Gasteiger partial charge on any atom is -0.342 e. The third-order valence-electron chi connectivity index (χ3n) is 3.22. The maximum Gasteiger partial charge on any atom is 0.133 e. The topological polar surface area (TPSA) is 40.7 Å². The van der Waals surface area contributed by atoms with Crippen LogP contribution in [0.25, 0.3) is 11.3 Å². The Balaban J connectivity index is 1.68. The number of rotatable bonds is 5. The molecule has 0 bridgehead atoms. The molecule has 5 heteroatoms. The molecule has 1 aromatic heterocycles. The van der Waals surface area contributed by atoms with E-state index in [9.17, 15) is 4.39 Å². The second-order valence-corrected chi connectivity index (χ2v) is 5.76. The van der Waals surface area contributed by atoms with Gasteiger partial charge in [0.1, 0.15) is 11.6 Å².